The van der Waals surface area contributed by atoms with E-state index in [1.54, 1.807) is 24.3 Å². The van der Waals surface area contributed by atoms with Gasteiger partial charge in [0, 0.05) is 17.4 Å². The number of likely N-dealkylation sites (tertiary alicyclic amines) is 1. The summed E-state index contributed by atoms with van der Waals surface area (Å²) in [6, 6.07) is 5.51. The van der Waals surface area contributed by atoms with Crippen LogP contribution in [0.1, 0.15) is 6.42 Å². The first-order chi connectivity index (χ1) is 8.99. The molecule has 19 heavy (non-hydrogen) atoms. The number of carbonyl (C=O) groups is 2. The summed E-state index contributed by atoms with van der Waals surface area (Å²) in [6.07, 6.45) is -0.746. The number of aliphatic hydroxyl groups is 1. The van der Waals surface area contributed by atoms with Crippen molar-refractivity contribution in [3.63, 3.8) is 0 Å². The largest absolute Gasteiger partial charge is 0.480 e. The second kappa shape index (κ2) is 5.58. The number of nitrogens with zero attached hydrogens (tertiary/aromatic N) is 1. The van der Waals surface area contributed by atoms with E-state index in [0.717, 1.165) is 4.90 Å². The highest BCUT2D eigenvalue weighted by Crippen LogP contribution is 2.24. The lowest BCUT2D eigenvalue weighted by Gasteiger charge is -2.21. The van der Waals surface area contributed by atoms with Crippen molar-refractivity contribution in [2.24, 2.45) is 0 Å². The highest BCUT2D eigenvalue weighted by Gasteiger charge is 2.39. The lowest BCUT2D eigenvalue weighted by molar-refractivity contribution is -0.141. The molecular formula is C12H13BrN2O4. The molecule has 1 fully saturated rings. The minimum Gasteiger partial charge on any atom is -0.480 e. The molecule has 0 saturated carbocycles. The predicted octanol–water partition coefficient (Wildman–Crippen LogP) is 1.50. The van der Waals surface area contributed by atoms with Crippen molar-refractivity contribution in [2.75, 3.05) is 11.9 Å². The maximum Gasteiger partial charge on any atom is 0.326 e. The van der Waals surface area contributed by atoms with Gasteiger partial charge in [-0.1, -0.05) is 12.1 Å². The van der Waals surface area contributed by atoms with E-state index < -0.39 is 24.1 Å². The number of β-amino-alcohol motifs (C(OH)–C–C–N with tert-alkyl or cyclic N) is 1. The van der Waals surface area contributed by atoms with Gasteiger partial charge in [-0.15, -0.1) is 0 Å². The topological polar surface area (TPSA) is 89.9 Å². The molecule has 2 amide bonds. The van der Waals surface area contributed by atoms with Gasteiger partial charge in [0.25, 0.3) is 0 Å². The second-order valence-electron chi connectivity index (χ2n) is 4.31. The third-order valence-corrected chi connectivity index (χ3v) is 3.63. The van der Waals surface area contributed by atoms with E-state index in [4.69, 9.17) is 5.11 Å². The number of urea groups is 1. The van der Waals surface area contributed by atoms with Gasteiger partial charge < -0.3 is 20.4 Å². The van der Waals surface area contributed by atoms with Gasteiger partial charge in [-0.3, -0.25) is 0 Å². The molecule has 3 N–H and O–H groups in total. The van der Waals surface area contributed by atoms with Gasteiger partial charge in [0.1, 0.15) is 6.04 Å². The maximum absolute atomic E-state index is 12.0. The predicted molar refractivity (Wildman–Crippen MR) is 71.9 cm³/mol. The molecule has 7 heteroatoms. The molecular weight excluding hydrogens is 316 g/mol. The summed E-state index contributed by atoms with van der Waals surface area (Å²) >= 11 is 3.29. The number of aliphatic hydroxyl groups excluding tert-OH is 1. The minimum atomic E-state index is -1.11. The smallest absolute Gasteiger partial charge is 0.326 e. The van der Waals surface area contributed by atoms with Gasteiger partial charge in [0.05, 0.1) is 11.8 Å². The number of para-hydroxylation sites is 1. The third kappa shape index (κ3) is 3.05. The summed E-state index contributed by atoms with van der Waals surface area (Å²) in [6.45, 7) is 0.0211. The molecule has 2 atom stereocenters. The molecule has 0 spiro atoms. The Kier molecular flexibility index (Phi) is 4.06. The number of nitrogens with one attached hydrogen (secondary N) is 1. The fourth-order valence-electron chi connectivity index (χ4n) is 2.02. The first-order valence-corrected chi connectivity index (χ1v) is 6.51. The molecule has 1 aliphatic rings. The molecule has 1 heterocycles. The number of amides is 2. The highest BCUT2D eigenvalue weighted by atomic mass is 79.9. The van der Waals surface area contributed by atoms with Crippen LogP contribution in [0, 0.1) is 0 Å². The van der Waals surface area contributed by atoms with Gasteiger partial charge in [0.15, 0.2) is 0 Å². The Morgan fingerprint density at radius 1 is 1.37 bits per heavy atom. The molecule has 0 radical (unpaired) electrons. The van der Waals surface area contributed by atoms with Crippen LogP contribution in [0.3, 0.4) is 0 Å². The lowest BCUT2D eigenvalue weighted by Crippen LogP contribution is -2.43. The van der Waals surface area contributed by atoms with Crippen LogP contribution in [0.25, 0.3) is 0 Å². The Labute approximate surface area is 118 Å². The van der Waals surface area contributed by atoms with Crippen LogP contribution in [0.5, 0.6) is 0 Å². The van der Waals surface area contributed by atoms with Crippen molar-refractivity contribution >= 4 is 33.6 Å². The molecule has 0 unspecified atom stereocenters. The average Bonchev–Trinajstić information content (AvgIpc) is 2.74. The third-order valence-electron chi connectivity index (χ3n) is 2.94. The van der Waals surface area contributed by atoms with Crippen molar-refractivity contribution in [2.45, 2.75) is 18.6 Å². The van der Waals surface area contributed by atoms with E-state index >= 15 is 0 Å². The molecule has 1 aromatic rings. The van der Waals surface area contributed by atoms with Crippen molar-refractivity contribution < 1.29 is 19.8 Å². The Morgan fingerprint density at radius 2 is 2.05 bits per heavy atom. The van der Waals surface area contributed by atoms with Crippen LogP contribution in [0.15, 0.2) is 28.7 Å². The standard InChI is InChI=1S/C12H13BrN2O4/c13-8-3-1-2-4-9(8)14-12(19)15-6-7(16)5-10(15)11(17)18/h1-4,7,10,16H,5-6H2,(H,14,19)(H,17,18)/t7-,10-/m0/s1. The molecule has 2 rings (SSSR count). The summed E-state index contributed by atoms with van der Waals surface area (Å²) in [5.74, 6) is -1.11. The quantitative estimate of drug-likeness (QED) is 0.767. The van der Waals surface area contributed by atoms with Crippen LogP contribution in [0.4, 0.5) is 10.5 Å². The van der Waals surface area contributed by atoms with Crippen LogP contribution >= 0.6 is 15.9 Å². The second-order valence-corrected chi connectivity index (χ2v) is 5.16. The molecule has 0 bridgehead atoms. The van der Waals surface area contributed by atoms with Crippen molar-refractivity contribution in [3.8, 4) is 0 Å². The number of carboxylic acid groups (broad SMARTS) is 1. The van der Waals surface area contributed by atoms with E-state index in [9.17, 15) is 14.7 Å². The Bertz CT molecular complexity index is 508. The number of carbonyl (C=O) groups excluding carboxylic acids is 1. The van der Waals surface area contributed by atoms with E-state index in [-0.39, 0.29) is 13.0 Å². The van der Waals surface area contributed by atoms with E-state index in [0.29, 0.717) is 10.2 Å². The van der Waals surface area contributed by atoms with Crippen molar-refractivity contribution in [1.82, 2.24) is 4.90 Å². The Morgan fingerprint density at radius 3 is 2.68 bits per heavy atom. The van der Waals surface area contributed by atoms with Gasteiger partial charge in [-0.25, -0.2) is 9.59 Å². The molecule has 102 valence electrons. The van der Waals surface area contributed by atoms with Gasteiger partial charge in [-0.2, -0.15) is 0 Å². The number of hydrogen-bond acceptors (Lipinski definition) is 3. The zero-order valence-corrected chi connectivity index (χ0v) is 11.5. The first-order valence-electron chi connectivity index (χ1n) is 5.72. The SMILES string of the molecule is O=C(O)[C@@H]1C[C@H](O)CN1C(=O)Nc1ccccc1Br. The number of benzene rings is 1. The monoisotopic (exact) mass is 328 g/mol. The summed E-state index contributed by atoms with van der Waals surface area (Å²) in [4.78, 5) is 24.2. The number of hydrogen-bond donors (Lipinski definition) is 3. The molecule has 1 aliphatic heterocycles. The van der Waals surface area contributed by atoms with Crippen LogP contribution < -0.4 is 5.32 Å². The van der Waals surface area contributed by atoms with E-state index in [1.807, 2.05) is 0 Å². The zero-order chi connectivity index (χ0) is 14.0. The number of halogens is 1. The van der Waals surface area contributed by atoms with Gasteiger partial charge >= 0.3 is 12.0 Å². The van der Waals surface area contributed by atoms with Crippen LogP contribution in [-0.4, -0.2) is 45.8 Å². The summed E-state index contributed by atoms with van der Waals surface area (Å²) in [5, 5.41) is 21.1. The number of anilines is 1. The van der Waals surface area contributed by atoms with E-state index in [2.05, 4.69) is 21.2 Å². The zero-order valence-electron chi connectivity index (χ0n) is 9.91. The molecule has 6 nitrogen and oxygen atoms in total. The number of rotatable bonds is 2. The summed E-state index contributed by atoms with van der Waals surface area (Å²) in [5.41, 5.74) is 0.554. The van der Waals surface area contributed by atoms with Crippen LogP contribution in [0.2, 0.25) is 0 Å². The maximum atomic E-state index is 12.0. The molecule has 1 saturated heterocycles. The Hall–Kier alpha value is -1.60. The van der Waals surface area contributed by atoms with Crippen LogP contribution in [-0.2, 0) is 4.79 Å². The summed E-state index contributed by atoms with van der Waals surface area (Å²) in [7, 11) is 0. The normalized spacial score (nSPS) is 22.3. The first kappa shape index (κ1) is 13.8. The van der Waals surface area contributed by atoms with E-state index in [1.165, 1.54) is 0 Å². The van der Waals surface area contributed by atoms with Gasteiger partial charge in [0.2, 0.25) is 0 Å². The van der Waals surface area contributed by atoms with Crippen molar-refractivity contribution in [1.29, 1.82) is 0 Å². The fourth-order valence-corrected chi connectivity index (χ4v) is 2.41. The summed E-state index contributed by atoms with van der Waals surface area (Å²) < 4.78 is 0.704. The number of aliphatic carboxylic acids is 1. The molecule has 0 aromatic heterocycles. The molecule has 1 aromatic carbocycles. The van der Waals surface area contributed by atoms with Crippen molar-refractivity contribution in [3.05, 3.63) is 28.7 Å². The fraction of sp³-hybridized carbons (Fsp3) is 0.333. The number of carboxylic acids is 1. The highest BCUT2D eigenvalue weighted by molar-refractivity contribution is 9.10. The average molecular weight is 329 g/mol. The minimum absolute atomic E-state index is 0.0211. The Balaban J connectivity index is 2.11. The molecule has 0 aliphatic carbocycles. The van der Waals surface area contributed by atoms with Gasteiger partial charge in [-0.05, 0) is 28.1 Å². The lowest BCUT2D eigenvalue weighted by atomic mass is 10.2.